The molecule has 13 heavy (non-hydrogen) atoms. The van der Waals surface area contributed by atoms with Gasteiger partial charge in [-0.2, -0.15) is 0 Å². The summed E-state index contributed by atoms with van der Waals surface area (Å²) in [4.78, 5) is 0. The minimum atomic E-state index is -2.81. The zero-order valence-corrected chi connectivity index (χ0v) is 9.02. The lowest BCUT2D eigenvalue weighted by Gasteiger charge is -2.07. The molecule has 0 radical (unpaired) electrons. The van der Waals surface area contributed by atoms with Crippen LogP contribution in [0.15, 0.2) is 12.7 Å². The van der Waals surface area contributed by atoms with E-state index in [4.69, 9.17) is 5.73 Å². The molecular weight excluding hydrogens is 186 g/mol. The second-order valence-corrected chi connectivity index (χ2v) is 5.64. The first-order valence-electron chi connectivity index (χ1n) is 4.58. The van der Waals surface area contributed by atoms with Gasteiger partial charge in [-0.1, -0.05) is 13.0 Å². The fraction of sp³-hybridized carbons (Fsp3) is 0.778. The third kappa shape index (κ3) is 6.78. The summed E-state index contributed by atoms with van der Waals surface area (Å²) < 4.78 is 22.2. The lowest BCUT2D eigenvalue weighted by molar-refractivity contribution is 0.578. The monoisotopic (exact) mass is 205 g/mol. The Labute approximate surface area is 80.9 Å². The molecule has 0 aromatic rings. The number of hydrogen-bond donors (Lipinski definition) is 1. The van der Waals surface area contributed by atoms with Crippen molar-refractivity contribution >= 4 is 9.84 Å². The van der Waals surface area contributed by atoms with Crippen molar-refractivity contribution in [2.24, 2.45) is 5.73 Å². The molecule has 0 saturated carbocycles. The topological polar surface area (TPSA) is 60.2 Å². The molecule has 0 aliphatic carbocycles. The number of hydrogen-bond acceptors (Lipinski definition) is 3. The molecule has 0 bridgehead atoms. The van der Waals surface area contributed by atoms with Gasteiger partial charge in [-0.05, 0) is 19.3 Å². The summed E-state index contributed by atoms with van der Waals surface area (Å²) in [6.07, 6.45) is 3.93. The van der Waals surface area contributed by atoms with E-state index in [-0.39, 0.29) is 17.5 Å². The second kappa shape index (κ2) is 6.16. The SMILES string of the molecule is C=CCC(N)CCCS(=O)(=O)CC. The van der Waals surface area contributed by atoms with Crippen molar-refractivity contribution in [2.45, 2.75) is 32.2 Å². The van der Waals surface area contributed by atoms with Crippen LogP contribution in [0.1, 0.15) is 26.2 Å². The van der Waals surface area contributed by atoms with Gasteiger partial charge in [-0.3, -0.25) is 0 Å². The van der Waals surface area contributed by atoms with Crippen LogP contribution >= 0.6 is 0 Å². The first-order valence-corrected chi connectivity index (χ1v) is 6.41. The van der Waals surface area contributed by atoms with Gasteiger partial charge in [0, 0.05) is 11.8 Å². The van der Waals surface area contributed by atoms with Crippen LogP contribution in [0.4, 0.5) is 0 Å². The van der Waals surface area contributed by atoms with E-state index in [1.165, 1.54) is 0 Å². The average Bonchev–Trinajstić information content (AvgIpc) is 2.05. The fourth-order valence-electron chi connectivity index (χ4n) is 1.04. The second-order valence-electron chi connectivity index (χ2n) is 3.16. The Morgan fingerprint density at radius 3 is 2.62 bits per heavy atom. The molecule has 2 N–H and O–H groups in total. The van der Waals surface area contributed by atoms with Crippen LogP contribution in [-0.4, -0.2) is 26.0 Å². The van der Waals surface area contributed by atoms with E-state index in [0.717, 1.165) is 12.8 Å². The smallest absolute Gasteiger partial charge is 0.150 e. The predicted octanol–water partition coefficient (Wildman–Crippen LogP) is 1.10. The summed E-state index contributed by atoms with van der Waals surface area (Å²) in [5, 5.41) is 0. The molecule has 0 aromatic heterocycles. The lowest BCUT2D eigenvalue weighted by Crippen LogP contribution is -2.20. The van der Waals surface area contributed by atoms with Crippen LogP contribution in [0.25, 0.3) is 0 Å². The Kier molecular flexibility index (Phi) is 5.99. The molecule has 1 atom stereocenters. The molecule has 0 rings (SSSR count). The first-order chi connectivity index (χ1) is 6.02. The van der Waals surface area contributed by atoms with Crippen LogP contribution in [-0.2, 0) is 9.84 Å². The summed E-state index contributed by atoms with van der Waals surface area (Å²) in [5.41, 5.74) is 5.69. The lowest BCUT2D eigenvalue weighted by atomic mass is 10.1. The van der Waals surface area contributed by atoms with Crippen molar-refractivity contribution in [1.29, 1.82) is 0 Å². The first kappa shape index (κ1) is 12.7. The van der Waals surface area contributed by atoms with Crippen LogP contribution in [0, 0.1) is 0 Å². The van der Waals surface area contributed by atoms with E-state index >= 15 is 0 Å². The Bertz CT molecular complexity index is 234. The van der Waals surface area contributed by atoms with Crippen molar-refractivity contribution in [3.8, 4) is 0 Å². The van der Waals surface area contributed by atoms with Crippen LogP contribution in [0.5, 0.6) is 0 Å². The van der Waals surface area contributed by atoms with Gasteiger partial charge in [0.25, 0.3) is 0 Å². The average molecular weight is 205 g/mol. The summed E-state index contributed by atoms with van der Waals surface area (Å²) in [5.74, 6) is 0.484. The normalized spacial score (nSPS) is 14.0. The van der Waals surface area contributed by atoms with Crippen LogP contribution < -0.4 is 5.73 Å². The standard InChI is InChI=1S/C9H19NO2S/c1-3-6-9(10)7-5-8-13(11,12)4-2/h3,9H,1,4-8,10H2,2H3. The maximum absolute atomic E-state index is 11.1. The van der Waals surface area contributed by atoms with Gasteiger partial charge in [-0.25, -0.2) is 8.42 Å². The van der Waals surface area contributed by atoms with Gasteiger partial charge < -0.3 is 5.73 Å². The molecule has 0 aromatic carbocycles. The van der Waals surface area contributed by atoms with E-state index in [9.17, 15) is 8.42 Å². The van der Waals surface area contributed by atoms with E-state index < -0.39 is 9.84 Å². The Balaban J connectivity index is 3.62. The third-order valence-electron chi connectivity index (χ3n) is 1.94. The maximum atomic E-state index is 11.1. The molecule has 4 heteroatoms. The Morgan fingerprint density at radius 2 is 2.15 bits per heavy atom. The maximum Gasteiger partial charge on any atom is 0.150 e. The van der Waals surface area contributed by atoms with Crippen LogP contribution in [0.2, 0.25) is 0 Å². The summed E-state index contributed by atoms with van der Waals surface area (Å²) >= 11 is 0. The van der Waals surface area contributed by atoms with Gasteiger partial charge in [0.1, 0.15) is 9.84 Å². The molecule has 0 aliphatic rings. The fourth-order valence-corrected chi connectivity index (χ4v) is 1.94. The quantitative estimate of drug-likeness (QED) is 0.633. The molecular formula is C9H19NO2S. The van der Waals surface area contributed by atoms with Gasteiger partial charge >= 0.3 is 0 Å². The van der Waals surface area contributed by atoms with Gasteiger partial charge in [0.15, 0.2) is 0 Å². The Morgan fingerprint density at radius 1 is 1.54 bits per heavy atom. The molecule has 0 spiro atoms. The highest BCUT2D eigenvalue weighted by Gasteiger charge is 2.08. The van der Waals surface area contributed by atoms with Crippen molar-refractivity contribution < 1.29 is 8.42 Å². The molecule has 0 saturated heterocycles. The number of nitrogens with two attached hydrogens (primary N) is 1. The van der Waals surface area contributed by atoms with E-state index in [1.54, 1.807) is 13.0 Å². The van der Waals surface area contributed by atoms with Crippen molar-refractivity contribution in [1.82, 2.24) is 0 Å². The van der Waals surface area contributed by atoms with Gasteiger partial charge in [0.2, 0.25) is 0 Å². The van der Waals surface area contributed by atoms with E-state index in [2.05, 4.69) is 6.58 Å². The Hall–Kier alpha value is -0.350. The highest BCUT2D eigenvalue weighted by atomic mass is 32.2. The largest absolute Gasteiger partial charge is 0.327 e. The van der Waals surface area contributed by atoms with Crippen molar-refractivity contribution in [3.05, 3.63) is 12.7 Å². The van der Waals surface area contributed by atoms with Crippen LogP contribution in [0.3, 0.4) is 0 Å². The minimum absolute atomic E-state index is 0.0598. The number of sulfone groups is 1. The van der Waals surface area contributed by atoms with Crippen molar-refractivity contribution in [2.75, 3.05) is 11.5 Å². The van der Waals surface area contributed by atoms with E-state index in [1.807, 2.05) is 0 Å². The van der Waals surface area contributed by atoms with Gasteiger partial charge in [0.05, 0.1) is 5.75 Å². The minimum Gasteiger partial charge on any atom is -0.327 e. The zero-order valence-electron chi connectivity index (χ0n) is 8.20. The number of rotatable bonds is 7. The zero-order chi connectivity index (χ0) is 10.3. The van der Waals surface area contributed by atoms with E-state index in [0.29, 0.717) is 6.42 Å². The molecule has 0 fully saturated rings. The van der Waals surface area contributed by atoms with Gasteiger partial charge in [-0.15, -0.1) is 6.58 Å². The third-order valence-corrected chi connectivity index (χ3v) is 3.73. The molecule has 0 aliphatic heterocycles. The summed E-state index contributed by atoms with van der Waals surface area (Å²) in [6, 6.07) is 0.0598. The molecule has 1 unspecified atom stereocenters. The highest BCUT2D eigenvalue weighted by molar-refractivity contribution is 7.91. The molecule has 78 valence electrons. The molecule has 0 amide bonds. The summed E-state index contributed by atoms with van der Waals surface area (Å²) in [7, 11) is -2.81. The predicted molar refractivity (Wildman–Crippen MR) is 56.4 cm³/mol. The molecule has 0 heterocycles. The van der Waals surface area contributed by atoms with Crippen molar-refractivity contribution in [3.63, 3.8) is 0 Å². The highest BCUT2D eigenvalue weighted by Crippen LogP contribution is 2.02. The molecule has 3 nitrogen and oxygen atoms in total. The summed E-state index contributed by atoms with van der Waals surface area (Å²) in [6.45, 7) is 5.24.